The highest BCUT2D eigenvalue weighted by atomic mass is 19.1. The maximum absolute atomic E-state index is 12.8. The highest BCUT2D eigenvalue weighted by molar-refractivity contribution is 5.16. The first-order valence-electron chi connectivity index (χ1n) is 3.93. The number of hydrogen-bond acceptors (Lipinski definition) is 2. The van der Waals surface area contributed by atoms with E-state index < -0.39 is 0 Å². The van der Waals surface area contributed by atoms with Crippen molar-refractivity contribution in [2.24, 2.45) is 0 Å². The van der Waals surface area contributed by atoms with Gasteiger partial charge in [-0.3, -0.25) is 0 Å². The molecular formula is C9H8FN3. The van der Waals surface area contributed by atoms with Gasteiger partial charge in [0.05, 0.1) is 12.7 Å². The Kier molecular flexibility index (Phi) is 2.04. The first-order chi connectivity index (χ1) is 6.34. The summed E-state index contributed by atoms with van der Waals surface area (Å²) in [4.78, 5) is 0. The van der Waals surface area contributed by atoms with Crippen molar-refractivity contribution in [1.29, 1.82) is 0 Å². The Hall–Kier alpha value is -1.71. The maximum Gasteiger partial charge on any atom is 0.123 e. The van der Waals surface area contributed by atoms with E-state index in [9.17, 15) is 4.39 Å². The third-order valence-electron chi connectivity index (χ3n) is 1.71. The molecule has 0 aliphatic heterocycles. The average Bonchev–Trinajstić information content (AvgIpc) is 2.57. The largest absolute Gasteiger partial charge is 0.248 e. The molecule has 0 aliphatic carbocycles. The van der Waals surface area contributed by atoms with Crippen LogP contribution in [0.15, 0.2) is 36.7 Å². The molecule has 0 unspecified atom stereocenters. The minimum absolute atomic E-state index is 0.224. The monoisotopic (exact) mass is 177 g/mol. The summed E-state index contributed by atoms with van der Waals surface area (Å²) in [7, 11) is 0. The molecule has 4 heteroatoms. The van der Waals surface area contributed by atoms with Crippen LogP contribution in [0.2, 0.25) is 0 Å². The van der Waals surface area contributed by atoms with Gasteiger partial charge in [0, 0.05) is 6.20 Å². The number of hydrogen-bond donors (Lipinski definition) is 0. The van der Waals surface area contributed by atoms with Crippen LogP contribution in [0.3, 0.4) is 0 Å². The van der Waals surface area contributed by atoms with Crippen LogP contribution in [0, 0.1) is 5.82 Å². The minimum Gasteiger partial charge on any atom is -0.248 e. The predicted octanol–water partition coefficient (Wildman–Crippen LogP) is 1.47. The molecule has 2 rings (SSSR count). The zero-order valence-corrected chi connectivity index (χ0v) is 6.89. The van der Waals surface area contributed by atoms with Crippen molar-refractivity contribution in [2.45, 2.75) is 6.54 Å². The van der Waals surface area contributed by atoms with Crippen LogP contribution in [0.5, 0.6) is 0 Å². The molecule has 0 amide bonds. The van der Waals surface area contributed by atoms with Crippen molar-refractivity contribution in [3.8, 4) is 0 Å². The molecule has 0 radical (unpaired) electrons. The summed E-state index contributed by atoms with van der Waals surface area (Å²) in [5, 5.41) is 7.45. The second-order valence-electron chi connectivity index (χ2n) is 2.73. The fraction of sp³-hybridized carbons (Fsp3) is 0.111. The molecule has 13 heavy (non-hydrogen) atoms. The van der Waals surface area contributed by atoms with Crippen LogP contribution >= 0.6 is 0 Å². The van der Waals surface area contributed by atoms with Crippen molar-refractivity contribution in [2.75, 3.05) is 0 Å². The van der Waals surface area contributed by atoms with E-state index in [1.807, 2.05) is 6.07 Å². The summed E-state index contributed by atoms with van der Waals surface area (Å²) in [5.41, 5.74) is 0.880. The topological polar surface area (TPSA) is 30.7 Å². The van der Waals surface area contributed by atoms with Gasteiger partial charge in [0.25, 0.3) is 0 Å². The standard InChI is InChI=1S/C9H8FN3/c10-9-3-1-2-8(6-9)7-13-5-4-11-12-13/h1-6H,7H2. The molecule has 2 aromatic rings. The molecule has 1 aromatic carbocycles. The second-order valence-corrected chi connectivity index (χ2v) is 2.73. The highest BCUT2D eigenvalue weighted by Crippen LogP contribution is 2.04. The Bertz CT molecular complexity index is 384. The molecule has 0 fully saturated rings. The molecule has 0 saturated carbocycles. The van der Waals surface area contributed by atoms with Crippen LogP contribution in [-0.4, -0.2) is 15.0 Å². The third-order valence-corrected chi connectivity index (χ3v) is 1.71. The highest BCUT2D eigenvalue weighted by Gasteiger charge is 1.96. The maximum atomic E-state index is 12.8. The smallest absolute Gasteiger partial charge is 0.123 e. The summed E-state index contributed by atoms with van der Waals surface area (Å²) < 4.78 is 14.4. The van der Waals surface area contributed by atoms with Crippen molar-refractivity contribution in [3.63, 3.8) is 0 Å². The van der Waals surface area contributed by atoms with E-state index in [2.05, 4.69) is 10.3 Å². The van der Waals surface area contributed by atoms with Gasteiger partial charge in [-0.25, -0.2) is 9.07 Å². The molecule has 3 nitrogen and oxygen atoms in total. The number of nitrogens with zero attached hydrogens (tertiary/aromatic N) is 3. The van der Waals surface area contributed by atoms with Crippen LogP contribution in [0.25, 0.3) is 0 Å². The SMILES string of the molecule is Fc1cccc(Cn2ccnn2)c1. The third kappa shape index (κ3) is 1.90. The average molecular weight is 177 g/mol. The van der Waals surface area contributed by atoms with Gasteiger partial charge in [-0.1, -0.05) is 17.3 Å². The molecular weight excluding hydrogens is 169 g/mol. The van der Waals surface area contributed by atoms with E-state index in [0.717, 1.165) is 5.56 Å². The van der Waals surface area contributed by atoms with Crippen LogP contribution in [0.1, 0.15) is 5.56 Å². The second kappa shape index (κ2) is 3.35. The lowest BCUT2D eigenvalue weighted by atomic mass is 10.2. The lowest BCUT2D eigenvalue weighted by Gasteiger charge is -1.99. The van der Waals surface area contributed by atoms with E-state index in [1.165, 1.54) is 12.1 Å². The molecule has 0 N–H and O–H groups in total. The summed E-state index contributed by atoms with van der Waals surface area (Å²) in [5.74, 6) is -0.224. The zero-order valence-electron chi connectivity index (χ0n) is 6.89. The first kappa shape index (κ1) is 7.91. The van der Waals surface area contributed by atoms with Gasteiger partial charge in [-0.2, -0.15) is 0 Å². The number of halogens is 1. The first-order valence-corrected chi connectivity index (χ1v) is 3.93. The number of rotatable bonds is 2. The van der Waals surface area contributed by atoms with Gasteiger partial charge >= 0.3 is 0 Å². The zero-order chi connectivity index (χ0) is 9.10. The van der Waals surface area contributed by atoms with Crippen LogP contribution in [-0.2, 0) is 6.54 Å². The predicted molar refractivity (Wildman–Crippen MR) is 45.5 cm³/mol. The Labute approximate surface area is 74.8 Å². The summed E-state index contributed by atoms with van der Waals surface area (Å²) in [6.07, 6.45) is 3.34. The summed E-state index contributed by atoms with van der Waals surface area (Å²) >= 11 is 0. The summed E-state index contributed by atoms with van der Waals surface area (Å²) in [6, 6.07) is 6.44. The Morgan fingerprint density at radius 3 is 3.00 bits per heavy atom. The Balaban J connectivity index is 2.19. The number of benzene rings is 1. The van der Waals surface area contributed by atoms with Crippen molar-refractivity contribution < 1.29 is 4.39 Å². The van der Waals surface area contributed by atoms with Crippen molar-refractivity contribution in [3.05, 3.63) is 48.0 Å². The summed E-state index contributed by atoms with van der Waals surface area (Å²) in [6.45, 7) is 0.553. The van der Waals surface area contributed by atoms with Crippen LogP contribution in [0.4, 0.5) is 4.39 Å². The Morgan fingerprint density at radius 2 is 2.31 bits per heavy atom. The molecule has 0 saturated heterocycles. The lowest BCUT2D eigenvalue weighted by molar-refractivity contribution is 0.614. The van der Waals surface area contributed by atoms with E-state index in [1.54, 1.807) is 23.1 Å². The van der Waals surface area contributed by atoms with Crippen LogP contribution < -0.4 is 0 Å². The lowest BCUT2D eigenvalue weighted by Crippen LogP contribution is -2.00. The van der Waals surface area contributed by atoms with Gasteiger partial charge in [-0.05, 0) is 17.7 Å². The fourth-order valence-electron chi connectivity index (χ4n) is 1.14. The molecule has 0 bridgehead atoms. The quantitative estimate of drug-likeness (QED) is 0.695. The molecule has 1 heterocycles. The van der Waals surface area contributed by atoms with E-state index >= 15 is 0 Å². The minimum atomic E-state index is -0.224. The number of aromatic nitrogens is 3. The molecule has 1 aromatic heterocycles. The van der Waals surface area contributed by atoms with Gasteiger partial charge in [0.1, 0.15) is 5.82 Å². The fourth-order valence-corrected chi connectivity index (χ4v) is 1.14. The van der Waals surface area contributed by atoms with Gasteiger partial charge in [-0.15, -0.1) is 5.10 Å². The molecule has 0 aliphatic rings. The molecule has 0 atom stereocenters. The van der Waals surface area contributed by atoms with Gasteiger partial charge < -0.3 is 0 Å². The van der Waals surface area contributed by atoms with Gasteiger partial charge in [0.15, 0.2) is 0 Å². The van der Waals surface area contributed by atoms with Crippen molar-refractivity contribution >= 4 is 0 Å². The van der Waals surface area contributed by atoms with Gasteiger partial charge in [0.2, 0.25) is 0 Å². The normalized spacial score (nSPS) is 10.2. The van der Waals surface area contributed by atoms with E-state index in [-0.39, 0.29) is 5.82 Å². The van der Waals surface area contributed by atoms with E-state index in [4.69, 9.17) is 0 Å². The molecule has 0 spiro atoms. The molecule has 66 valence electrons. The van der Waals surface area contributed by atoms with Crippen molar-refractivity contribution in [1.82, 2.24) is 15.0 Å². The Morgan fingerprint density at radius 1 is 1.38 bits per heavy atom. The van der Waals surface area contributed by atoms with E-state index in [0.29, 0.717) is 6.54 Å².